The van der Waals surface area contributed by atoms with Crippen molar-refractivity contribution in [2.45, 2.75) is 13.5 Å². The van der Waals surface area contributed by atoms with E-state index < -0.39 is 0 Å². The quantitative estimate of drug-likeness (QED) is 0.834. The summed E-state index contributed by atoms with van der Waals surface area (Å²) in [6.45, 7) is 6.90. The van der Waals surface area contributed by atoms with Gasteiger partial charge in [0.2, 0.25) is 5.91 Å². The first-order valence-electron chi connectivity index (χ1n) is 8.75. The van der Waals surface area contributed by atoms with Gasteiger partial charge < -0.3 is 5.32 Å². The minimum atomic E-state index is 0.0357. The third-order valence-electron chi connectivity index (χ3n) is 4.52. The lowest BCUT2D eigenvalue weighted by Crippen LogP contribution is -2.48. The van der Waals surface area contributed by atoms with Gasteiger partial charge in [0, 0.05) is 38.4 Å². The third-order valence-corrected chi connectivity index (χ3v) is 5.26. The van der Waals surface area contributed by atoms with Crippen LogP contribution >= 0.6 is 23.2 Å². The Morgan fingerprint density at radius 1 is 1.00 bits per heavy atom. The first-order chi connectivity index (χ1) is 12.5. The van der Waals surface area contributed by atoms with E-state index in [2.05, 4.69) is 15.1 Å². The predicted molar refractivity (Wildman–Crippen MR) is 108 cm³/mol. The number of halogens is 2. The normalized spacial score (nSPS) is 15.8. The highest BCUT2D eigenvalue weighted by molar-refractivity contribution is 6.42. The topological polar surface area (TPSA) is 35.6 Å². The molecule has 26 heavy (non-hydrogen) atoms. The fourth-order valence-corrected chi connectivity index (χ4v) is 3.45. The number of nitrogens with one attached hydrogen (secondary N) is 1. The van der Waals surface area contributed by atoms with Crippen LogP contribution in [0.2, 0.25) is 10.0 Å². The fraction of sp³-hybridized carbons (Fsp3) is 0.350. The molecule has 0 aliphatic carbocycles. The van der Waals surface area contributed by atoms with E-state index in [9.17, 15) is 4.79 Å². The maximum atomic E-state index is 12.2. The van der Waals surface area contributed by atoms with Gasteiger partial charge in [0.25, 0.3) is 0 Å². The smallest absolute Gasteiger partial charge is 0.238 e. The Balaban J connectivity index is 1.44. The summed E-state index contributed by atoms with van der Waals surface area (Å²) in [7, 11) is 0. The molecule has 3 rings (SSSR count). The number of hydrogen-bond donors (Lipinski definition) is 1. The molecule has 0 unspecified atom stereocenters. The van der Waals surface area contributed by atoms with Crippen molar-refractivity contribution in [3.05, 3.63) is 63.6 Å². The number of carbonyl (C=O) groups is 1. The van der Waals surface area contributed by atoms with Crippen LogP contribution < -0.4 is 5.32 Å². The Bertz CT molecular complexity index is 773. The highest BCUT2D eigenvalue weighted by atomic mass is 35.5. The maximum absolute atomic E-state index is 12.2. The van der Waals surface area contributed by atoms with Crippen molar-refractivity contribution in [3.8, 4) is 0 Å². The number of benzene rings is 2. The molecule has 1 heterocycles. The van der Waals surface area contributed by atoms with Crippen molar-refractivity contribution in [2.24, 2.45) is 0 Å². The molecular formula is C20H23Cl2N3O. The van der Waals surface area contributed by atoms with Crippen LogP contribution in [0.25, 0.3) is 0 Å². The number of hydrogen-bond acceptors (Lipinski definition) is 3. The van der Waals surface area contributed by atoms with Gasteiger partial charge >= 0.3 is 0 Å². The van der Waals surface area contributed by atoms with Gasteiger partial charge in [-0.05, 0) is 42.3 Å². The Hall–Kier alpha value is -1.59. The SMILES string of the molecule is Cc1cccc(NC(=O)CN2CCN(Cc3ccc(Cl)c(Cl)c3)CC2)c1. The van der Waals surface area contributed by atoms with Gasteiger partial charge in [-0.15, -0.1) is 0 Å². The van der Waals surface area contributed by atoms with Crippen LogP contribution in [0.5, 0.6) is 0 Å². The van der Waals surface area contributed by atoms with E-state index in [-0.39, 0.29) is 5.91 Å². The van der Waals surface area contributed by atoms with E-state index in [0.717, 1.165) is 49.5 Å². The van der Waals surface area contributed by atoms with E-state index in [0.29, 0.717) is 16.6 Å². The third kappa shape index (κ3) is 5.45. The maximum Gasteiger partial charge on any atom is 0.238 e. The number of aryl methyl sites for hydroxylation is 1. The summed E-state index contributed by atoms with van der Waals surface area (Å²) in [5, 5.41) is 4.15. The second-order valence-corrected chi connectivity index (χ2v) is 7.53. The molecule has 0 bridgehead atoms. The second-order valence-electron chi connectivity index (χ2n) is 6.72. The first-order valence-corrected chi connectivity index (χ1v) is 9.50. The van der Waals surface area contributed by atoms with Gasteiger partial charge in [-0.25, -0.2) is 0 Å². The molecule has 0 atom stereocenters. The van der Waals surface area contributed by atoms with Crippen LogP contribution in [0.1, 0.15) is 11.1 Å². The minimum Gasteiger partial charge on any atom is -0.325 e. The summed E-state index contributed by atoms with van der Waals surface area (Å²) >= 11 is 12.1. The Morgan fingerprint density at radius 2 is 1.73 bits per heavy atom. The van der Waals surface area contributed by atoms with Gasteiger partial charge in [-0.1, -0.05) is 41.4 Å². The number of nitrogens with zero attached hydrogens (tertiary/aromatic N) is 2. The first kappa shape index (κ1) is 19.2. The Morgan fingerprint density at radius 3 is 2.42 bits per heavy atom. The highest BCUT2D eigenvalue weighted by Gasteiger charge is 2.19. The van der Waals surface area contributed by atoms with Gasteiger partial charge in [-0.3, -0.25) is 14.6 Å². The van der Waals surface area contributed by atoms with Crippen molar-refractivity contribution in [1.29, 1.82) is 0 Å². The van der Waals surface area contributed by atoms with Gasteiger partial charge in [-0.2, -0.15) is 0 Å². The molecule has 6 heteroatoms. The average molecular weight is 392 g/mol. The van der Waals surface area contributed by atoms with Crippen LogP contribution in [0.15, 0.2) is 42.5 Å². The fourth-order valence-electron chi connectivity index (χ4n) is 3.13. The van der Waals surface area contributed by atoms with Crippen molar-refractivity contribution >= 4 is 34.8 Å². The molecule has 0 saturated carbocycles. The van der Waals surface area contributed by atoms with Crippen molar-refractivity contribution in [3.63, 3.8) is 0 Å². The zero-order valence-electron chi connectivity index (χ0n) is 14.8. The molecular weight excluding hydrogens is 369 g/mol. The summed E-state index contributed by atoms with van der Waals surface area (Å²) in [4.78, 5) is 16.8. The minimum absolute atomic E-state index is 0.0357. The molecule has 138 valence electrons. The molecule has 2 aromatic rings. The van der Waals surface area contributed by atoms with Gasteiger partial charge in [0.1, 0.15) is 0 Å². The van der Waals surface area contributed by atoms with Crippen LogP contribution in [0, 0.1) is 6.92 Å². The Kier molecular flexibility index (Phi) is 6.54. The lowest BCUT2D eigenvalue weighted by molar-refractivity contribution is -0.117. The molecule has 1 aliphatic rings. The summed E-state index contributed by atoms with van der Waals surface area (Å²) < 4.78 is 0. The largest absolute Gasteiger partial charge is 0.325 e. The predicted octanol–water partition coefficient (Wildman–Crippen LogP) is 4.06. The van der Waals surface area contributed by atoms with Gasteiger partial charge in [0.05, 0.1) is 16.6 Å². The van der Waals surface area contributed by atoms with E-state index in [1.165, 1.54) is 0 Å². The van der Waals surface area contributed by atoms with E-state index in [4.69, 9.17) is 23.2 Å². The monoisotopic (exact) mass is 391 g/mol. The van der Waals surface area contributed by atoms with E-state index in [1.807, 2.05) is 49.4 Å². The highest BCUT2D eigenvalue weighted by Crippen LogP contribution is 2.23. The number of amides is 1. The molecule has 1 N–H and O–H groups in total. The molecule has 4 nitrogen and oxygen atoms in total. The zero-order chi connectivity index (χ0) is 18.5. The van der Waals surface area contributed by atoms with E-state index in [1.54, 1.807) is 0 Å². The second kappa shape index (κ2) is 8.87. The molecule has 1 aliphatic heterocycles. The summed E-state index contributed by atoms with van der Waals surface area (Å²) in [6.07, 6.45) is 0. The Labute approximate surface area is 164 Å². The van der Waals surface area contributed by atoms with Crippen LogP contribution in [0.4, 0.5) is 5.69 Å². The van der Waals surface area contributed by atoms with Crippen molar-refractivity contribution in [2.75, 3.05) is 38.0 Å². The van der Waals surface area contributed by atoms with Crippen molar-refractivity contribution in [1.82, 2.24) is 9.80 Å². The molecule has 1 saturated heterocycles. The van der Waals surface area contributed by atoms with Crippen LogP contribution in [-0.2, 0) is 11.3 Å². The average Bonchev–Trinajstić information content (AvgIpc) is 2.60. The van der Waals surface area contributed by atoms with Crippen LogP contribution in [0.3, 0.4) is 0 Å². The molecule has 0 radical (unpaired) electrons. The summed E-state index contributed by atoms with van der Waals surface area (Å²) in [5.74, 6) is 0.0357. The van der Waals surface area contributed by atoms with Crippen LogP contribution in [-0.4, -0.2) is 48.4 Å². The summed E-state index contributed by atoms with van der Waals surface area (Å²) in [6, 6.07) is 13.6. The van der Waals surface area contributed by atoms with E-state index >= 15 is 0 Å². The number of anilines is 1. The lowest BCUT2D eigenvalue weighted by Gasteiger charge is -2.34. The zero-order valence-corrected chi connectivity index (χ0v) is 16.4. The summed E-state index contributed by atoms with van der Waals surface area (Å²) in [5.41, 5.74) is 3.15. The molecule has 1 fully saturated rings. The number of piperazine rings is 1. The molecule has 0 spiro atoms. The number of carbonyl (C=O) groups excluding carboxylic acids is 1. The lowest BCUT2D eigenvalue weighted by atomic mass is 10.2. The molecule has 2 aromatic carbocycles. The van der Waals surface area contributed by atoms with Gasteiger partial charge in [0.15, 0.2) is 0 Å². The van der Waals surface area contributed by atoms with Crippen molar-refractivity contribution < 1.29 is 4.79 Å². The standard InChI is InChI=1S/C20H23Cl2N3O/c1-15-3-2-4-17(11-15)23-20(26)14-25-9-7-24(8-10-25)13-16-5-6-18(21)19(22)12-16/h2-6,11-12H,7-10,13-14H2,1H3,(H,23,26). The molecule has 0 aromatic heterocycles. The molecule has 1 amide bonds. The number of rotatable bonds is 5.